The van der Waals surface area contributed by atoms with Crippen molar-refractivity contribution in [2.75, 3.05) is 0 Å². The second kappa shape index (κ2) is 6.49. The van der Waals surface area contributed by atoms with Crippen LogP contribution in [0, 0.1) is 0 Å². The van der Waals surface area contributed by atoms with Crippen LogP contribution in [-0.2, 0) is 0 Å². The normalized spacial score (nSPS) is 13.4. The molecule has 0 atom stereocenters. The van der Waals surface area contributed by atoms with Gasteiger partial charge >= 0.3 is 0 Å². The number of furan rings is 1. The third-order valence-electron chi connectivity index (χ3n) is 9.50. The van der Waals surface area contributed by atoms with Crippen molar-refractivity contribution < 1.29 is 4.42 Å². The molecule has 9 aromatic rings. The van der Waals surface area contributed by atoms with E-state index in [-0.39, 0.29) is 6.71 Å². The highest BCUT2D eigenvalue weighted by atomic mass is 16.3. The Hall–Kier alpha value is -5.22. The molecule has 6 aromatic carbocycles. The zero-order valence-corrected chi connectivity index (χ0v) is 21.3. The van der Waals surface area contributed by atoms with E-state index in [1.165, 1.54) is 76.8 Å². The fourth-order valence-electron chi connectivity index (χ4n) is 8.01. The van der Waals surface area contributed by atoms with Crippen LogP contribution in [0.15, 0.2) is 120 Å². The van der Waals surface area contributed by atoms with E-state index in [1.54, 1.807) is 0 Å². The lowest BCUT2D eigenvalue weighted by Gasteiger charge is -2.33. The first-order valence-corrected chi connectivity index (χ1v) is 13.9. The van der Waals surface area contributed by atoms with E-state index in [1.807, 2.05) is 6.07 Å². The van der Waals surface area contributed by atoms with Gasteiger partial charge in [0.05, 0.1) is 16.6 Å². The minimum atomic E-state index is 0.177. The number of rotatable bonds is 0. The number of hydrogen-bond donors (Lipinski definition) is 0. The molecule has 182 valence electrons. The van der Waals surface area contributed by atoms with Crippen molar-refractivity contribution in [2.24, 2.45) is 0 Å². The summed E-state index contributed by atoms with van der Waals surface area (Å²) in [5.74, 6) is 0. The van der Waals surface area contributed by atoms with Crippen molar-refractivity contribution in [3.8, 4) is 11.4 Å². The molecule has 3 aromatic heterocycles. The van der Waals surface area contributed by atoms with Gasteiger partial charge in [-0.05, 0) is 52.8 Å². The third kappa shape index (κ3) is 2.06. The SMILES string of the molecule is c1ccc2c(c1)B1c3cccc4c5ccccc5n(c34)-c3ccc4c5cc6oc7ccccc7c6cc5n-2c4c31. The van der Waals surface area contributed by atoms with E-state index in [0.717, 1.165) is 16.6 Å². The van der Waals surface area contributed by atoms with Gasteiger partial charge < -0.3 is 13.6 Å². The van der Waals surface area contributed by atoms with E-state index in [4.69, 9.17) is 4.42 Å². The lowest BCUT2D eigenvalue weighted by atomic mass is 9.34. The van der Waals surface area contributed by atoms with Crippen molar-refractivity contribution in [3.63, 3.8) is 0 Å². The molecule has 40 heavy (non-hydrogen) atoms. The first-order valence-electron chi connectivity index (χ1n) is 13.9. The summed E-state index contributed by atoms with van der Waals surface area (Å²) in [4.78, 5) is 0. The second-order valence-electron chi connectivity index (χ2n) is 11.3. The van der Waals surface area contributed by atoms with Crippen LogP contribution in [0.1, 0.15) is 0 Å². The van der Waals surface area contributed by atoms with Gasteiger partial charge in [-0.3, -0.25) is 0 Å². The van der Waals surface area contributed by atoms with E-state index < -0.39 is 0 Å². The molecule has 0 aliphatic carbocycles. The van der Waals surface area contributed by atoms with Gasteiger partial charge in [0.15, 0.2) is 0 Å². The van der Waals surface area contributed by atoms with Crippen molar-refractivity contribution in [1.82, 2.24) is 9.13 Å². The Morgan fingerprint density at radius 3 is 2.17 bits per heavy atom. The van der Waals surface area contributed by atoms with E-state index in [9.17, 15) is 0 Å². The predicted octanol–water partition coefficient (Wildman–Crippen LogP) is 6.92. The maximum absolute atomic E-state index is 6.35. The lowest BCUT2D eigenvalue weighted by molar-refractivity contribution is 0.669. The van der Waals surface area contributed by atoms with Crippen molar-refractivity contribution in [2.45, 2.75) is 0 Å². The number of fused-ring (bicyclic) bond motifs is 14. The minimum absolute atomic E-state index is 0.177. The van der Waals surface area contributed by atoms with Crippen LogP contribution in [0.5, 0.6) is 0 Å². The fraction of sp³-hybridized carbons (Fsp3) is 0. The molecule has 0 amide bonds. The summed E-state index contributed by atoms with van der Waals surface area (Å²) in [5, 5.41) is 7.49. The van der Waals surface area contributed by atoms with E-state index in [2.05, 4.69) is 118 Å². The lowest BCUT2D eigenvalue weighted by Crippen LogP contribution is -2.59. The summed E-state index contributed by atoms with van der Waals surface area (Å²) in [6.45, 7) is 0.177. The van der Waals surface area contributed by atoms with Crippen LogP contribution in [0.2, 0.25) is 0 Å². The molecular formula is C36H19BN2O. The molecule has 0 radical (unpaired) electrons. The van der Waals surface area contributed by atoms with Crippen LogP contribution < -0.4 is 16.4 Å². The van der Waals surface area contributed by atoms with Gasteiger partial charge in [-0.15, -0.1) is 0 Å². The van der Waals surface area contributed by atoms with Gasteiger partial charge in [0.2, 0.25) is 0 Å². The number of benzene rings is 6. The fourth-order valence-corrected chi connectivity index (χ4v) is 8.01. The van der Waals surface area contributed by atoms with E-state index in [0.29, 0.717) is 0 Å². The topological polar surface area (TPSA) is 23.0 Å². The van der Waals surface area contributed by atoms with Crippen LogP contribution in [0.3, 0.4) is 0 Å². The Bertz CT molecular complexity index is 2610. The highest BCUT2D eigenvalue weighted by molar-refractivity contribution is 7.00. The Morgan fingerprint density at radius 2 is 1.20 bits per heavy atom. The van der Waals surface area contributed by atoms with Crippen LogP contribution in [0.25, 0.3) is 76.9 Å². The summed E-state index contributed by atoms with van der Waals surface area (Å²) in [5.41, 5.74) is 13.7. The first-order chi connectivity index (χ1) is 19.9. The summed E-state index contributed by atoms with van der Waals surface area (Å²) in [7, 11) is 0. The molecule has 2 aliphatic rings. The molecule has 11 rings (SSSR count). The molecule has 0 bridgehead atoms. The Morgan fingerprint density at radius 1 is 0.450 bits per heavy atom. The molecular weight excluding hydrogens is 487 g/mol. The molecule has 0 fully saturated rings. The third-order valence-corrected chi connectivity index (χ3v) is 9.50. The Kier molecular flexibility index (Phi) is 3.21. The largest absolute Gasteiger partial charge is 0.456 e. The standard InChI is InChI=1S/C36H19BN2O/c1-4-13-28-20(8-1)22-10-7-12-27-35(22)38(28)30-17-16-23-24-19-33-25(21-9-2-6-15-32(21)40-33)18-31(24)39-29-14-5-3-11-26(29)37(27)34(30)36(23)39/h1-19H. The van der Waals surface area contributed by atoms with Crippen LogP contribution in [-0.4, -0.2) is 15.8 Å². The monoisotopic (exact) mass is 506 g/mol. The molecule has 0 unspecified atom stereocenters. The van der Waals surface area contributed by atoms with Gasteiger partial charge in [0.25, 0.3) is 6.71 Å². The molecule has 4 heteroatoms. The predicted molar refractivity (Wildman–Crippen MR) is 167 cm³/mol. The average molecular weight is 506 g/mol. The summed E-state index contributed by atoms with van der Waals surface area (Å²) in [6.07, 6.45) is 0. The van der Waals surface area contributed by atoms with Gasteiger partial charge in [-0.25, -0.2) is 0 Å². The van der Waals surface area contributed by atoms with Crippen LogP contribution in [0.4, 0.5) is 0 Å². The van der Waals surface area contributed by atoms with E-state index >= 15 is 0 Å². The molecule has 0 saturated heterocycles. The molecule has 2 aliphatic heterocycles. The Balaban J connectivity index is 1.41. The maximum Gasteiger partial charge on any atom is 0.252 e. The zero-order chi connectivity index (χ0) is 25.7. The van der Waals surface area contributed by atoms with Crippen molar-refractivity contribution in [3.05, 3.63) is 115 Å². The van der Waals surface area contributed by atoms with Gasteiger partial charge in [-0.2, -0.15) is 0 Å². The molecule has 5 heterocycles. The highest BCUT2D eigenvalue weighted by Crippen LogP contribution is 2.41. The average Bonchev–Trinajstić information content (AvgIpc) is 3.65. The zero-order valence-electron chi connectivity index (χ0n) is 21.3. The summed E-state index contributed by atoms with van der Waals surface area (Å²) >= 11 is 0. The van der Waals surface area contributed by atoms with Gasteiger partial charge in [0, 0.05) is 49.2 Å². The quantitative estimate of drug-likeness (QED) is 0.205. The molecule has 3 nitrogen and oxygen atoms in total. The highest BCUT2D eigenvalue weighted by Gasteiger charge is 2.40. The van der Waals surface area contributed by atoms with Crippen molar-refractivity contribution >= 4 is 88.7 Å². The van der Waals surface area contributed by atoms with Gasteiger partial charge in [0.1, 0.15) is 11.2 Å². The molecule has 0 spiro atoms. The number of hydrogen-bond acceptors (Lipinski definition) is 1. The number of para-hydroxylation sites is 4. The smallest absolute Gasteiger partial charge is 0.252 e. The summed E-state index contributed by atoms with van der Waals surface area (Å²) < 4.78 is 11.4. The number of nitrogens with zero attached hydrogens (tertiary/aromatic N) is 2. The summed E-state index contributed by atoms with van der Waals surface area (Å²) in [6, 6.07) is 42.4. The number of aromatic nitrogens is 2. The first kappa shape index (κ1) is 19.8. The Labute approximate surface area is 228 Å². The second-order valence-corrected chi connectivity index (χ2v) is 11.3. The van der Waals surface area contributed by atoms with Crippen molar-refractivity contribution in [1.29, 1.82) is 0 Å². The van der Waals surface area contributed by atoms with Gasteiger partial charge in [-0.1, -0.05) is 78.9 Å². The molecule has 0 saturated carbocycles. The minimum Gasteiger partial charge on any atom is -0.456 e. The molecule has 0 N–H and O–H groups in total. The maximum atomic E-state index is 6.35. The van der Waals surface area contributed by atoms with Crippen LogP contribution >= 0.6 is 0 Å².